The molecule has 2 heteroatoms. The predicted molar refractivity (Wildman–Crippen MR) is 29.7 cm³/mol. The maximum atomic E-state index is 5.54. The highest BCUT2D eigenvalue weighted by Crippen LogP contribution is 2.22. The van der Waals surface area contributed by atoms with Crippen LogP contribution in [0.25, 0.3) is 0 Å². The molecule has 1 saturated carbocycles. The van der Waals surface area contributed by atoms with E-state index in [1.54, 1.807) is 0 Å². The van der Waals surface area contributed by atoms with E-state index in [4.69, 9.17) is 11.5 Å². The lowest BCUT2D eigenvalue weighted by Gasteiger charge is -2.37. The largest absolute Gasteiger partial charge is 0.326 e. The molecule has 7 heavy (non-hydrogen) atoms. The van der Waals surface area contributed by atoms with Crippen LogP contribution < -0.4 is 11.5 Å². The molecule has 0 bridgehead atoms. The van der Waals surface area contributed by atoms with E-state index in [0.717, 1.165) is 6.42 Å². The van der Waals surface area contributed by atoms with Crippen LogP contribution in [0.4, 0.5) is 0 Å². The van der Waals surface area contributed by atoms with Crippen LogP contribution in [-0.2, 0) is 0 Å². The van der Waals surface area contributed by atoms with Crippen molar-refractivity contribution in [3.8, 4) is 0 Å². The first-order valence-corrected chi connectivity index (χ1v) is 2.73. The molecule has 3 atom stereocenters. The lowest BCUT2D eigenvalue weighted by atomic mass is 9.77. The van der Waals surface area contributed by atoms with Gasteiger partial charge in [-0.2, -0.15) is 0 Å². The average Bonchev–Trinajstić information content (AvgIpc) is 1.68. The van der Waals surface area contributed by atoms with Crippen molar-refractivity contribution in [2.75, 3.05) is 0 Å². The molecule has 2 nitrogen and oxygen atoms in total. The molecule has 0 amide bonds. The Morgan fingerprint density at radius 1 is 1.43 bits per heavy atom. The van der Waals surface area contributed by atoms with Crippen LogP contribution >= 0.6 is 0 Å². The fourth-order valence-electron chi connectivity index (χ4n) is 0.970. The Hall–Kier alpha value is -0.0800. The van der Waals surface area contributed by atoms with Crippen LogP contribution in [0.2, 0.25) is 0 Å². The van der Waals surface area contributed by atoms with E-state index in [9.17, 15) is 0 Å². The highest BCUT2D eigenvalue weighted by atomic mass is 14.8. The minimum absolute atomic E-state index is 0.278. The van der Waals surface area contributed by atoms with Crippen LogP contribution in [0.3, 0.4) is 0 Å². The Kier molecular flexibility index (Phi) is 1.05. The van der Waals surface area contributed by atoms with Crippen LogP contribution in [0.15, 0.2) is 0 Å². The van der Waals surface area contributed by atoms with Crippen LogP contribution in [0, 0.1) is 5.92 Å². The van der Waals surface area contributed by atoms with Gasteiger partial charge >= 0.3 is 0 Å². The topological polar surface area (TPSA) is 52.0 Å². The summed E-state index contributed by atoms with van der Waals surface area (Å²) in [5.74, 6) is 0.662. The standard InChI is InChI=1S/C5H12N2/c1-3-2-4(6)5(3)7/h3-5H,2,6-7H2,1H3/t3-,4-,5+/m0/s1. The van der Waals surface area contributed by atoms with Gasteiger partial charge in [0.2, 0.25) is 0 Å². The minimum Gasteiger partial charge on any atom is -0.326 e. The molecule has 0 aromatic heterocycles. The van der Waals surface area contributed by atoms with Gasteiger partial charge in [0.15, 0.2) is 0 Å². The summed E-state index contributed by atoms with van der Waals surface area (Å²) < 4.78 is 0. The molecule has 0 heterocycles. The zero-order chi connectivity index (χ0) is 5.44. The third-order valence-electron chi connectivity index (χ3n) is 1.80. The minimum atomic E-state index is 0.278. The summed E-state index contributed by atoms with van der Waals surface area (Å²) in [4.78, 5) is 0. The zero-order valence-corrected chi connectivity index (χ0v) is 4.59. The third kappa shape index (κ3) is 0.640. The van der Waals surface area contributed by atoms with Crippen molar-refractivity contribution in [3.63, 3.8) is 0 Å². The van der Waals surface area contributed by atoms with E-state index >= 15 is 0 Å². The number of nitrogens with two attached hydrogens (primary N) is 2. The molecule has 0 aromatic carbocycles. The van der Waals surface area contributed by atoms with Gasteiger partial charge < -0.3 is 11.5 Å². The van der Waals surface area contributed by atoms with Gasteiger partial charge in [-0.15, -0.1) is 0 Å². The molecule has 0 saturated heterocycles. The van der Waals surface area contributed by atoms with Crippen molar-refractivity contribution in [1.82, 2.24) is 0 Å². The van der Waals surface area contributed by atoms with Crippen LogP contribution in [0.5, 0.6) is 0 Å². The Balaban J connectivity index is 2.29. The molecule has 42 valence electrons. The van der Waals surface area contributed by atoms with Crippen LogP contribution in [0.1, 0.15) is 13.3 Å². The third-order valence-corrected chi connectivity index (χ3v) is 1.80. The van der Waals surface area contributed by atoms with Crippen molar-refractivity contribution >= 4 is 0 Å². The van der Waals surface area contributed by atoms with Crippen molar-refractivity contribution in [2.24, 2.45) is 17.4 Å². The van der Waals surface area contributed by atoms with E-state index in [1.807, 2.05) is 0 Å². The Morgan fingerprint density at radius 2 is 2.00 bits per heavy atom. The van der Waals surface area contributed by atoms with E-state index in [-0.39, 0.29) is 12.1 Å². The Labute approximate surface area is 43.9 Å². The van der Waals surface area contributed by atoms with Crippen molar-refractivity contribution < 1.29 is 0 Å². The normalized spacial score (nSPS) is 51.0. The van der Waals surface area contributed by atoms with Gasteiger partial charge in [0.05, 0.1) is 0 Å². The summed E-state index contributed by atoms with van der Waals surface area (Å²) in [6.07, 6.45) is 1.11. The summed E-state index contributed by atoms with van der Waals surface area (Å²) in [7, 11) is 0. The maximum Gasteiger partial charge on any atom is 0.0219 e. The quantitative estimate of drug-likeness (QED) is 0.438. The van der Waals surface area contributed by atoms with E-state index in [2.05, 4.69) is 6.92 Å². The van der Waals surface area contributed by atoms with Crippen molar-refractivity contribution in [3.05, 3.63) is 0 Å². The average molecular weight is 100 g/mol. The summed E-state index contributed by atoms with van der Waals surface area (Å²) in [5, 5.41) is 0. The van der Waals surface area contributed by atoms with E-state index in [0.29, 0.717) is 5.92 Å². The predicted octanol–water partition coefficient (Wildman–Crippen LogP) is -0.319. The smallest absolute Gasteiger partial charge is 0.0219 e. The van der Waals surface area contributed by atoms with Gasteiger partial charge in [0.25, 0.3) is 0 Å². The SMILES string of the molecule is C[C@H]1C[C@H](N)[C@@H]1N. The van der Waals surface area contributed by atoms with Gasteiger partial charge in [0, 0.05) is 12.1 Å². The molecular weight excluding hydrogens is 88.1 g/mol. The molecule has 0 spiro atoms. The Morgan fingerprint density at radius 3 is 2.00 bits per heavy atom. The van der Waals surface area contributed by atoms with Gasteiger partial charge in [-0.25, -0.2) is 0 Å². The maximum absolute atomic E-state index is 5.54. The summed E-state index contributed by atoms with van der Waals surface area (Å²) in [6.45, 7) is 2.13. The number of rotatable bonds is 0. The molecule has 1 fully saturated rings. The second-order valence-corrected chi connectivity index (χ2v) is 2.45. The molecule has 1 aliphatic rings. The lowest BCUT2D eigenvalue weighted by molar-refractivity contribution is 0.232. The van der Waals surface area contributed by atoms with Crippen molar-refractivity contribution in [1.29, 1.82) is 0 Å². The molecule has 0 radical (unpaired) electrons. The first-order valence-electron chi connectivity index (χ1n) is 2.73. The molecule has 1 aliphatic carbocycles. The first kappa shape index (κ1) is 5.06. The van der Waals surface area contributed by atoms with E-state index < -0.39 is 0 Å². The molecule has 0 aromatic rings. The fourth-order valence-corrected chi connectivity index (χ4v) is 0.970. The number of hydrogen-bond donors (Lipinski definition) is 2. The molecule has 1 rings (SSSR count). The monoisotopic (exact) mass is 100 g/mol. The van der Waals surface area contributed by atoms with Gasteiger partial charge in [-0.3, -0.25) is 0 Å². The summed E-state index contributed by atoms with van der Waals surface area (Å²) >= 11 is 0. The molecule has 0 unspecified atom stereocenters. The van der Waals surface area contributed by atoms with E-state index in [1.165, 1.54) is 0 Å². The van der Waals surface area contributed by atoms with Gasteiger partial charge in [0.1, 0.15) is 0 Å². The highest BCUT2D eigenvalue weighted by Gasteiger charge is 2.31. The second kappa shape index (κ2) is 1.46. The molecular formula is C5H12N2. The van der Waals surface area contributed by atoms with Crippen LogP contribution in [-0.4, -0.2) is 12.1 Å². The Bertz CT molecular complexity index is 64.5. The van der Waals surface area contributed by atoms with Crippen molar-refractivity contribution in [2.45, 2.75) is 25.4 Å². The molecule has 0 aliphatic heterocycles. The highest BCUT2D eigenvalue weighted by molar-refractivity contribution is 4.92. The fraction of sp³-hybridized carbons (Fsp3) is 1.00. The molecule has 4 N–H and O–H groups in total. The van der Waals surface area contributed by atoms with Gasteiger partial charge in [-0.05, 0) is 12.3 Å². The second-order valence-electron chi connectivity index (χ2n) is 2.45. The van der Waals surface area contributed by atoms with Gasteiger partial charge in [-0.1, -0.05) is 6.92 Å². The zero-order valence-electron chi connectivity index (χ0n) is 4.59. The first-order chi connectivity index (χ1) is 3.22. The lowest BCUT2D eigenvalue weighted by Crippen LogP contribution is -2.56. The summed E-state index contributed by atoms with van der Waals surface area (Å²) in [6, 6.07) is 0.565. The number of hydrogen-bond acceptors (Lipinski definition) is 2. The summed E-state index contributed by atoms with van der Waals surface area (Å²) in [5.41, 5.74) is 11.0.